The number of hydrogen-bond acceptors (Lipinski definition) is 5. The number of aromatic amines is 1. The number of nitrogens with one attached hydrogen (secondary N) is 3. The first-order valence-corrected chi connectivity index (χ1v) is 10.5. The summed E-state index contributed by atoms with van der Waals surface area (Å²) in [5.41, 5.74) is 3.66. The number of carbonyl (C=O) groups is 2. The lowest BCUT2D eigenvalue weighted by Crippen LogP contribution is -2.24. The number of methoxy groups -OCH3 is 1. The molecule has 0 unspecified atom stereocenters. The summed E-state index contributed by atoms with van der Waals surface area (Å²) in [6, 6.07) is 8.51. The number of rotatable bonds is 6. The van der Waals surface area contributed by atoms with Gasteiger partial charge in [0, 0.05) is 42.0 Å². The molecule has 1 aliphatic rings. The van der Waals surface area contributed by atoms with E-state index in [-0.39, 0.29) is 17.6 Å². The quantitative estimate of drug-likeness (QED) is 0.495. The van der Waals surface area contributed by atoms with Crippen molar-refractivity contribution in [2.45, 2.75) is 0 Å². The summed E-state index contributed by atoms with van der Waals surface area (Å²) in [6.07, 6.45) is 7.70. The molecule has 2 aromatic carbocycles. The van der Waals surface area contributed by atoms with Crippen molar-refractivity contribution >= 4 is 40.6 Å². The van der Waals surface area contributed by atoms with Gasteiger partial charge in [-0.05, 0) is 50.5 Å². The minimum Gasteiger partial charge on any atom is -0.497 e. The predicted molar refractivity (Wildman–Crippen MR) is 130 cm³/mol. The van der Waals surface area contributed by atoms with Crippen LogP contribution in [0.15, 0.2) is 48.4 Å². The highest BCUT2D eigenvalue weighted by atomic mass is 16.5. The van der Waals surface area contributed by atoms with Crippen molar-refractivity contribution in [3.63, 3.8) is 0 Å². The lowest BCUT2D eigenvalue weighted by atomic mass is 10.1. The van der Waals surface area contributed by atoms with Crippen molar-refractivity contribution < 1.29 is 19.1 Å². The Hall–Kier alpha value is -4.04. The van der Waals surface area contributed by atoms with Gasteiger partial charge in [0.15, 0.2) is 5.76 Å². The van der Waals surface area contributed by atoms with Crippen LogP contribution in [0, 0.1) is 0 Å². The molecule has 1 aromatic heterocycles. The number of ether oxygens (including phenoxy) is 2. The molecule has 0 atom stereocenters. The molecule has 0 bridgehead atoms. The molecule has 0 fully saturated rings. The Bertz CT molecular complexity index is 1290. The third kappa shape index (κ3) is 4.61. The van der Waals surface area contributed by atoms with Crippen molar-refractivity contribution in [2.75, 3.05) is 40.1 Å². The van der Waals surface area contributed by atoms with Gasteiger partial charge in [0.2, 0.25) is 5.78 Å². The van der Waals surface area contributed by atoms with Gasteiger partial charge in [-0.3, -0.25) is 4.79 Å². The van der Waals surface area contributed by atoms with Gasteiger partial charge in [-0.15, -0.1) is 0 Å². The first-order chi connectivity index (χ1) is 15.9. The number of aromatic nitrogens is 1. The predicted octanol–water partition coefficient (Wildman–Crippen LogP) is 4.12. The van der Waals surface area contributed by atoms with Crippen LogP contribution in [-0.4, -0.2) is 56.5 Å². The average Bonchev–Trinajstić information content (AvgIpc) is 3.34. The number of likely N-dealkylation sites (N-methyl/N-ethyl adjacent to an activating group) is 1. The van der Waals surface area contributed by atoms with Gasteiger partial charge in [0.25, 0.3) is 0 Å². The molecule has 8 heteroatoms. The molecular weight excluding hydrogens is 420 g/mol. The first-order valence-electron chi connectivity index (χ1n) is 10.5. The molecular formula is C25H26N4O4. The summed E-state index contributed by atoms with van der Waals surface area (Å²) in [5, 5.41) is 6.06. The zero-order chi connectivity index (χ0) is 23.5. The van der Waals surface area contributed by atoms with E-state index in [2.05, 4.69) is 26.6 Å². The lowest BCUT2D eigenvalue weighted by molar-refractivity contribution is 0.101. The Labute approximate surface area is 191 Å². The topological polar surface area (TPSA) is 95.7 Å². The number of allylic oxidation sites excluding steroid dienone is 1. The van der Waals surface area contributed by atoms with Crippen molar-refractivity contribution in [1.82, 2.24) is 15.2 Å². The van der Waals surface area contributed by atoms with Crippen molar-refractivity contribution in [3.8, 4) is 11.5 Å². The van der Waals surface area contributed by atoms with Crippen LogP contribution in [-0.2, 0) is 0 Å². The number of hydrogen-bond donors (Lipinski definition) is 3. The molecule has 0 aliphatic carbocycles. The van der Waals surface area contributed by atoms with Crippen LogP contribution in [0.2, 0.25) is 0 Å². The van der Waals surface area contributed by atoms with E-state index >= 15 is 0 Å². The average molecular weight is 447 g/mol. The smallest absolute Gasteiger partial charge is 0.318 e. The van der Waals surface area contributed by atoms with E-state index in [4.69, 9.17) is 9.47 Å². The van der Waals surface area contributed by atoms with Crippen LogP contribution in [0.3, 0.4) is 0 Å². The van der Waals surface area contributed by atoms with Gasteiger partial charge in [-0.1, -0.05) is 12.2 Å². The summed E-state index contributed by atoms with van der Waals surface area (Å²) in [5.74, 6) is 1.15. The fraction of sp³-hybridized carbons (Fsp3) is 0.200. The summed E-state index contributed by atoms with van der Waals surface area (Å²) in [7, 11) is 7.18. The molecule has 0 saturated heterocycles. The Morgan fingerprint density at radius 1 is 1.21 bits per heavy atom. The molecule has 3 aromatic rings. The summed E-state index contributed by atoms with van der Waals surface area (Å²) in [4.78, 5) is 29.9. The largest absolute Gasteiger partial charge is 0.497 e. The van der Waals surface area contributed by atoms with E-state index in [0.717, 1.165) is 34.3 Å². The highest BCUT2D eigenvalue weighted by molar-refractivity contribution is 6.16. The van der Waals surface area contributed by atoms with Crippen LogP contribution >= 0.6 is 0 Å². The number of H-pyrrole nitrogens is 1. The zero-order valence-electron chi connectivity index (χ0n) is 19.0. The molecule has 33 heavy (non-hydrogen) atoms. The van der Waals surface area contributed by atoms with E-state index in [9.17, 15) is 9.59 Å². The molecule has 3 N–H and O–H groups in total. The van der Waals surface area contributed by atoms with Crippen LogP contribution in [0.4, 0.5) is 10.5 Å². The molecule has 170 valence electrons. The Kier molecular flexibility index (Phi) is 6.19. The number of ketones is 1. The van der Waals surface area contributed by atoms with E-state index in [1.54, 1.807) is 31.4 Å². The Balaban J connectivity index is 1.68. The van der Waals surface area contributed by atoms with Gasteiger partial charge >= 0.3 is 6.03 Å². The van der Waals surface area contributed by atoms with E-state index < -0.39 is 0 Å². The number of fused-ring (bicyclic) bond motifs is 2. The number of urea groups is 1. The number of amides is 2. The Morgan fingerprint density at radius 2 is 2.03 bits per heavy atom. The first kappa shape index (κ1) is 22.2. The van der Waals surface area contributed by atoms with Gasteiger partial charge in [0.1, 0.15) is 11.5 Å². The van der Waals surface area contributed by atoms with E-state index in [1.807, 2.05) is 38.5 Å². The molecule has 0 spiro atoms. The maximum atomic E-state index is 13.0. The maximum absolute atomic E-state index is 13.0. The number of Topliss-reactive ketones (excluding diaryl/α,β-unsaturated/α-hetero) is 1. The number of anilines is 1. The summed E-state index contributed by atoms with van der Waals surface area (Å²) >= 11 is 0. The van der Waals surface area contributed by atoms with E-state index in [1.165, 1.54) is 7.05 Å². The highest BCUT2D eigenvalue weighted by Gasteiger charge is 2.28. The highest BCUT2D eigenvalue weighted by Crippen LogP contribution is 2.35. The van der Waals surface area contributed by atoms with Crippen LogP contribution in [0.25, 0.3) is 23.1 Å². The van der Waals surface area contributed by atoms with E-state index in [0.29, 0.717) is 17.0 Å². The summed E-state index contributed by atoms with van der Waals surface area (Å²) in [6.45, 7) is 0.813. The standard InChI is InChI=1S/C25H26N4O4/c1-26-25(31)28-17-7-8-21-20(12-17)24(30)22(33-21)11-16-14-27-23-15(6-5-9-29(2)3)10-18(32-4)13-19(16)23/h5-8,10-14,27H,9H2,1-4H3,(H2,26,28,31)/b6-5+,22-11?. The molecule has 2 heterocycles. The second-order valence-corrected chi connectivity index (χ2v) is 7.90. The minimum absolute atomic E-state index is 0.218. The third-order valence-electron chi connectivity index (χ3n) is 5.27. The number of carbonyl (C=O) groups excluding carboxylic acids is 2. The van der Waals surface area contributed by atoms with Gasteiger partial charge in [-0.25, -0.2) is 4.79 Å². The number of benzene rings is 2. The Morgan fingerprint density at radius 3 is 2.76 bits per heavy atom. The molecule has 8 nitrogen and oxygen atoms in total. The molecule has 2 amide bonds. The van der Waals surface area contributed by atoms with Gasteiger partial charge in [-0.2, -0.15) is 0 Å². The van der Waals surface area contributed by atoms with Gasteiger partial charge in [0.05, 0.1) is 18.2 Å². The fourth-order valence-corrected chi connectivity index (χ4v) is 3.61. The molecule has 1 aliphatic heterocycles. The summed E-state index contributed by atoms with van der Waals surface area (Å²) < 4.78 is 11.3. The molecule has 0 saturated carbocycles. The van der Waals surface area contributed by atoms with Crippen LogP contribution in [0.5, 0.6) is 11.5 Å². The van der Waals surface area contributed by atoms with Crippen molar-refractivity contribution in [2.24, 2.45) is 0 Å². The zero-order valence-corrected chi connectivity index (χ0v) is 19.0. The molecule has 4 rings (SSSR count). The van der Waals surface area contributed by atoms with Gasteiger partial charge < -0.3 is 30.0 Å². The lowest BCUT2D eigenvalue weighted by Gasteiger charge is -2.06. The SMILES string of the molecule is CNC(=O)Nc1ccc2c(c1)C(=O)C(=Cc1c[nH]c3c(/C=C/CN(C)C)cc(OC)cc13)O2. The number of nitrogens with zero attached hydrogens (tertiary/aromatic N) is 1. The monoisotopic (exact) mass is 446 g/mol. The fourth-order valence-electron chi connectivity index (χ4n) is 3.61. The third-order valence-corrected chi connectivity index (χ3v) is 5.27. The second-order valence-electron chi connectivity index (χ2n) is 7.90. The van der Waals surface area contributed by atoms with Crippen molar-refractivity contribution in [3.05, 3.63) is 65.1 Å². The second kappa shape index (κ2) is 9.22. The van der Waals surface area contributed by atoms with Crippen LogP contribution in [0.1, 0.15) is 21.5 Å². The maximum Gasteiger partial charge on any atom is 0.318 e. The minimum atomic E-state index is -0.361. The molecule has 0 radical (unpaired) electrons. The van der Waals surface area contributed by atoms with Crippen molar-refractivity contribution in [1.29, 1.82) is 0 Å². The normalized spacial score (nSPS) is 14.2. The van der Waals surface area contributed by atoms with Crippen LogP contribution < -0.4 is 20.1 Å².